The number of unbranched alkanes of at least 4 members (excludes halogenated alkanes) is 5. The SMILES string of the molecule is CCCCCCCCOC(=O)C=CC#CCOC(=O)COc1ccc(Cl)cc1Cl. The van der Waals surface area contributed by atoms with E-state index in [4.69, 9.17) is 37.4 Å². The number of hydrogen-bond donors (Lipinski definition) is 0. The molecule has 1 rings (SSSR count). The fraction of sp³-hybridized carbons (Fsp3) is 0.455. The van der Waals surface area contributed by atoms with Crippen LogP contribution >= 0.6 is 23.2 Å². The molecule has 1 aromatic carbocycles. The average Bonchev–Trinajstić information content (AvgIpc) is 2.69. The summed E-state index contributed by atoms with van der Waals surface area (Å²) < 4.78 is 15.2. The first-order chi connectivity index (χ1) is 14.0. The smallest absolute Gasteiger partial charge is 0.345 e. The Balaban J connectivity index is 2.12. The van der Waals surface area contributed by atoms with Crippen LogP contribution in [0.15, 0.2) is 30.4 Å². The minimum absolute atomic E-state index is 0.117. The van der Waals surface area contributed by atoms with Gasteiger partial charge in [0.25, 0.3) is 0 Å². The number of allylic oxidation sites excluding steroid dienone is 1. The van der Waals surface area contributed by atoms with Crippen LogP contribution in [0.1, 0.15) is 45.4 Å². The van der Waals surface area contributed by atoms with E-state index in [1.807, 2.05) is 0 Å². The summed E-state index contributed by atoms with van der Waals surface area (Å²) in [6.45, 7) is 2.17. The van der Waals surface area contributed by atoms with E-state index in [0.29, 0.717) is 22.4 Å². The molecule has 29 heavy (non-hydrogen) atoms. The number of carbonyl (C=O) groups is 2. The van der Waals surface area contributed by atoms with Gasteiger partial charge in [0.1, 0.15) is 5.75 Å². The first kappa shape index (κ1) is 24.9. The van der Waals surface area contributed by atoms with Crippen molar-refractivity contribution in [2.24, 2.45) is 0 Å². The molecule has 0 atom stereocenters. The second kappa shape index (κ2) is 15.7. The normalized spacial score (nSPS) is 10.3. The first-order valence-corrected chi connectivity index (χ1v) is 10.3. The van der Waals surface area contributed by atoms with E-state index in [0.717, 1.165) is 12.8 Å². The highest BCUT2D eigenvalue weighted by molar-refractivity contribution is 6.35. The third-order valence-corrected chi connectivity index (χ3v) is 4.22. The van der Waals surface area contributed by atoms with E-state index in [-0.39, 0.29) is 13.2 Å². The molecule has 1 aromatic rings. The minimum Gasteiger partial charge on any atom is -0.480 e. The fourth-order valence-corrected chi connectivity index (χ4v) is 2.66. The van der Waals surface area contributed by atoms with Crippen molar-refractivity contribution in [3.05, 3.63) is 40.4 Å². The maximum absolute atomic E-state index is 11.6. The molecule has 0 radical (unpaired) electrons. The molecule has 7 heteroatoms. The van der Waals surface area contributed by atoms with Gasteiger partial charge in [-0.3, -0.25) is 0 Å². The molecule has 0 heterocycles. The molecule has 0 bridgehead atoms. The molecule has 0 amide bonds. The number of carbonyl (C=O) groups excluding carboxylic acids is 2. The molecule has 0 fully saturated rings. The van der Waals surface area contributed by atoms with Crippen LogP contribution in [0.3, 0.4) is 0 Å². The van der Waals surface area contributed by atoms with Gasteiger partial charge >= 0.3 is 11.9 Å². The van der Waals surface area contributed by atoms with Crippen LogP contribution in [-0.4, -0.2) is 31.8 Å². The van der Waals surface area contributed by atoms with Gasteiger partial charge in [-0.2, -0.15) is 0 Å². The van der Waals surface area contributed by atoms with E-state index in [1.165, 1.54) is 43.9 Å². The topological polar surface area (TPSA) is 61.8 Å². The molecule has 0 aliphatic heterocycles. The number of rotatable bonds is 12. The molecule has 5 nitrogen and oxygen atoms in total. The summed E-state index contributed by atoms with van der Waals surface area (Å²) in [5.41, 5.74) is 0. The van der Waals surface area contributed by atoms with Gasteiger partial charge in [-0.25, -0.2) is 9.59 Å². The summed E-state index contributed by atoms with van der Waals surface area (Å²) in [5, 5.41) is 0.776. The highest BCUT2D eigenvalue weighted by atomic mass is 35.5. The van der Waals surface area contributed by atoms with E-state index in [9.17, 15) is 9.59 Å². The molecule has 0 unspecified atom stereocenters. The van der Waals surface area contributed by atoms with Crippen molar-refractivity contribution in [3.63, 3.8) is 0 Å². The van der Waals surface area contributed by atoms with Crippen molar-refractivity contribution in [3.8, 4) is 17.6 Å². The quantitative estimate of drug-likeness (QED) is 0.189. The molecular weight excluding hydrogens is 415 g/mol. The predicted molar refractivity (Wildman–Crippen MR) is 114 cm³/mol. The van der Waals surface area contributed by atoms with E-state index in [1.54, 1.807) is 12.1 Å². The zero-order valence-corrected chi connectivity index (χ0v) is 18.1. The summed E-state index contributed by atoms with van der Waals surface area (Å²) in [6, 6.07) is 4.68. The van der Waals surface area contributed by atoms with Crippen molar-refractivity contribution in [1.29, 1.82) is 0 Å². The van der Waals surface area contributed by atoms with Crippen LogP contribution in [0.25, 0.3) is 0 Å². The van der Waals surface area contributed by atoms with Gasteiger partial charge in [0.15, 0.2) is 13.2 Å². The van der Waals surface area contributed by atoms with Gasteiger partial charge in [-0.1, -0.05) is 74.1 Å². The molecule has 158 valence electrons. The molecule has 0 N–H and O–H groups in total. The van der Waals surface area contributed by atoms with Crippen LogP contribution in [0, 0.1) is 11.8 Å². The van der Waals surface area contributed by atoms with Gasteiger partial charge in [0, 0.05) is 11.1 Å². The Labute approximate surface area is 182 Å². The molecule has 0 spiro atoms. The third-order valence-electron chi connectivity index (χ3n) is 3.69. The van der Waals surface area contributed by atoms with Crippen LogP contribution in [0.4, 0.5) is 0 Å². The molecular formula is C22H26Cl2O5. The van der Waals surface area contributed by atoms with E-state index < -0.39 is 11.9 Å². The number of hydrogen-bond acceptors (Lipinski definition) is 5. The van der Waals surface area contributed by atoms with Crippen molar-refractivity contribution < 1.29 is 23.8 Å². The minimum atomic E-state index is -0.590. The Morgan fingerprint density at radius 1 is 1.07 bits per heavy atom. The van der Waals surface area contributed by atoms with Gasteiger partial charge in [-0.15, -0.1) is 0 Å². The maximum atomic E-state index is 11.6. The Morgan fingerprint density at radius 3 is 2.59 bits per heavy atom. The van der Waals surface area contributed by atoms with Crippen molar-refractivity contribution in [2.45, 2.75) is 45.4 Å². The lowest BCUT2D eigenvalue weighted by Gasteiger charge is -2.07. The third kappa shape index (κ3) is 12.8. The lowest BCUT2D eigenvalue weighted by atomic mass is 10.1. The number of esters is 2. The number of halogens is 2. The number of benzene rings is 1. The molecule has 0 aliphatic carbocycles. The lowest BCUT2D eigenvalue weighted by Crippen LogP contribution is -2.15. The Hall–Kier alpha value is -2.16. The van der Waals surface area contributed by atoms with Crippen LogP contribution < -0.4 is 4.74 Å². The lowest BCUT2D eigenvalue weighted by molar-refractivity contribution is -0.144. The highest BCUT2D eigenvalue weighted by Gasteiger charge is 2.07. The standard InChI is InChI=1S/C22H26Cl2O5/c1-2-3-4-5-6-9-14-27-21(25)11-8-7-10-15-28-22(26)17-29-20-13-12-18(23)16-19(20)24/h8,11-13,16H,2-6,9,14-15,17H2,1H3. The second-order valence-electron chi connectivity index (χ2n) is 6.11. The summed E-state index contributed by atoms with van der Waals surface area (Å²) >= 11 is 11.7. The first-order valence-electron chi connectivity index (χ1n) is 9.58. The summed E-state index contributed by atoms with van der Waals surface area (Å²) in [5.74, 6) is 4.51. The van der Waals surface area contributed by atoms with Crippen molar-refractivity contribution in [1.82, 2.24) is 0 Å². The molecule has 0 saturated carbocycles. The van der Waals surface area contributed by atoms with E-state index >= 15 is 0 Å². The Bertz CT molecular complexity index is 734. The zero-order chi connectivity index (χ0) is 21.3. The molecule has 0 aliphatic rings. The maximum Gasteiger partial charge on any atom is 0.345 e. The van der Waals surface area contributed by atoms with Gasteiger partial charge in [-0.05, 0) is 30.7 Å². The molecule has 0 aromatic heterocycles. The van der Waals surface area contributed by atoms with Crippen LogP contribution in [0.2, 0.25) is 10.0 Å². The summed E-state index contributed by atoms with van der Waals surface area (Å²) in [6.07, 6.45) is 9.41. The highest BCUT2D eigenvalue weighted by Crippen LogP contribution is 2.27. The predicted octanol–water partition coefficient (Wildman–Crippen LogP) is 5.38. The van der Waals surface area contributed by atoms with Gasteiger partial charge < -0.3 is 14.2 Å². The fourth-order valence-electron chi connectivity index (χ4n) is 2.20. The largest absolute Gasteiger partial charge is 0.480 e. The van der Waals surface area contributed by atoms with Crippen molar-refractivity contribution >= 4 is 35.1 Å². The summed E-state index contributed by atoms with van der Waals surface area (Å²) in [7, 11) is 0. The van der Waals surface area contributed by atoms with Crippen molar-refractivity contribution in [2.75, 3.05) is 19.8 Å². The van der Waals surface area contributed by atoms with Crippen LogP contribution in [-0.2, 0) is 19.1 Å². The van der Waals surface area contributed by atoms with E-state index in [2.05, 4.69) is 18.8 Å². The van der Waals surface area contributed by atoms with Gasteiger partial charge in [0.05, 0.1) is 11.6 Å². The average molecular weight is 441 g/mol. The molecule has 0 saturated heterocycles. The number of ether oxygens (including phenoxy) is 3. The van der Waals surface area contributed by atoms with Crippen LogP contribution in [0.5, 0.6) is 5.75 Å². The summed E-state index contributed by atoms with van der Waals surface area (Å²) in [4.78, 5) is 23.1. The Kier molecular flexibility index (Phi) is 13.5. The zero-order valence-electron chi connectivity index (χ0n) is 16.5. The monoisotopic (exact) mass is 440 g/mol. The Morgan fingerprint density at radius 2 is 1.83 bits per heavy atom. The van der Waals surface area contributed by atoms with Gasteiger partial charge in [0.2, 0.25) is 0 Å². The second-order valence-corrected chi connectivity index (χ2v) is 6.96.